The van der Waals surface area contributed by atoms with Crippen molar-refractivity contribution in [1.29, 1.82) is 0 Å². The van der Waals surface area contributed by atoms with Crippen LogP contribution in [0.2, 0.25) is 5.02 Å². The number of amides is 2. The van der Waals surface area contributed by atoms with Gasteiger partial charge in [0.25, 0.3) is 0 Å². The Morgan fingerprint density at radius 2 is 1.89 bits per heavy atom. The Kier molecular flexibility index (Phi) is 5.39. The predicted octanol–water partition coefficient (Wildman–Crippen LogP) is 5.29. The molecule has 142 valence electrons. The molecule has 7 heteroatoms. The van der Waals surface area contributed by atoms with Gasteiger partial charge in [0.15, 0.2) is 0 Å². The molecule has 28 heavy (non-hydrogen) atoms. The van der Waals surface area contributed by atoms with Crippen molar-refractivity contribution < 1.29 is 9.53 Å². The third-order valence-corrected chi connectivity index (χ3v) is 4.88. The zero-order valence-electron chi connectivity index (χ0n) is 15.1. The topological polar surface area (TPSA) is 67.3 Å². The summed E-state index contributed by atoms with van der Waals surface area (Å²) in [5.74, 6) is 1.09. The van der Waals surface area contributed by atoms with E-state index in [2.05, 4.69) is 15.3 Å². The fourth-order valence-electron chi connectivity index (χ4n) is 3.28. The molecule has 0 spiro atoms. The van der Waals surface area contributed by atoms with Gasteiger partial charge in [-0.15, -0.1) is 0 Å². The van der Waals surface area contributed by atoms with E-state index >= 15 is 0 Å². The van der Waals surface area contributed by atoms with E-state index in [1.807, 2.05) is 17.0 Å². The molecule has 1 saturated heterocycles. The molecule has 1 aromatic carbocycles. The number of ether oxygens (including phenoxy) is 1. The van der Waals surface area contributed by atoms with Crippen LogP contribution in [0.1, 0.15) is 24.4 Å². The van der Waals surface area contributed by atoms with E-state index in [1.165, 1.54) is 0 Å². The van der Waals surface area contributed by atoms with Gasteiger partial charge in [0.05, 0.1) is 17.9 Å². The largest absolute Gasteiger partial charge is 0.439 e. The fourth-order valence-corrected chi connectivity index (χ4v) is 3.40. The number of pyridine rings is 2. The van der Waals surface area contributed by atoms with Crippen molar-refractivity contribution >= 4 is 23.3 Å². The van der Waals surface area contributed by atoms with Crippen LogP contribution >= 0.6 is 11.6 Å². The first kappa shape index (κ1) is 18.3. The highest BCUT2D eigenvalue weighted by molar-refractivity contribution is 6.30. The summed E-state index contributed by atoms with van der Waals surface area (Å²) in [5.41, 5.74) is 1.72. The van der Waals surface area contributed by atoms with Crippen LogP contribution in [0.5, 0.6) is 11.6 Å². The molecule has 1 N–H and O–H groups in total. The van der Waals surface area contributed by atoms with Gasteiger partial charge in [-0.3, -0.25) is 4.98 Å². The van der Waals surface area contributed by atoms with Gasteiger partial charge in [-0.1, -0.05) is 11.6 Å². The van der Waals surface area contributed by atoms with E-state index in [-0.39, 0.29) is 12.1 Å². The van der Waals surface area contributed by atoms with Crippen molar-refractivity contribution in [2.75, 3.05) is 11.9 Å². The minimum atomic E-state index is -0.132. The summed E-state index contributed by atoms with van der Waals surface area (Å²) in [6.07, 6.45) is 7.02. The first-order valence-electron chi connectivity index (χ1n) is 9.06. The summed E-state index contributed by atoms with van der Waals surface area (Å²) in [7, 11) is 0. The molecule has 0 aliphatic carbocycles. The smallest absolute Gasteiger partial charge is 0.322 e. The van der Waals surface area contributed by atoms with E-state index in [9.17, 15) is 4.79 Å². The number of nitrogens with one attached hydrogen (secondary N) is 1. The Labute approximate surface area is 168 Å². The number of likely N-dealkylation sites (tertiary alicyclic amines) is 1. The Bertz CT molecular complexity index is 933. The fraction of sp³-hybridized carbons (Fsp3) is 0.190. The molecule has 0 radical (unpaired) electrons. The maximum Gasteiger partial charge on any atom is 0.322 e. The molecule has 3 aromatic rings. The highest BCUT2D eigenvalue weighted by Gasteiger charge is 2.29. The molecule has 1 aliphatic heterocycles. The van der Waals surface area contributed by atoms with Crippen LogP contribution < -0.4 is 10.1 Å². The van der Waals surface area contributed by atoms with E-state index < -0.39 is 0 Å². The normalized spacial score (nSPS) is 16.0. The molecule has 0 bridgehead atoms. The number of carbonyl (C=O) groups is 1. The lowest BCUT2D eigenvalue weighted by molar-refractivity contribution is 0.207. The van der Waals surface area contributed by atoms with Crippen molar-refractivity contribution in [2.24, 2.45) is 0 Å². The molecular weight excluding hydrogens is 376 g/mol. The summed E-state index contributed by atoms with van der Waals surface area (Å²) in [4.78, 5) is 22.9. The van der Waals surface area contributed by atoms with Gasteiger partial charge >= 0.3 is 6.03 Å². The van der Waals surface area contributed by atoms with Crippen molar-refractivity contribution in [3.8, 4) is 11.6 Å². The summed E-state index contributed by atoms with van der Waals surface area (Å²) >= 11 is 5.87. The number of hydrogen-bond acceptors (Lipinski definition) is 4. The van der Waals surface area contributed by atoms with Gasteiger partial charge < -0.3 is 15.0 Å². The molecule has 6 nitrogen and oxygen atoms in total. The third kappa shape index (κ3) is 4.23. The second-order valence-corrected chi connectivity index (χ2v) is 6.94. The zero-order chi connectivity index (χ0) is 19.3. The lowest BCUT2D eigenvalue weighted by atomic mass is 10.1. The van der Waals surface area contributed by atoms with Crippen LogP contribution in [-0.4, -0.2) is 27.4 Å². The van der Waals surface area contributed by atoms with Crippen LogP contribution in [0.15, 0.2) is 67.1 Å². The Morgan fingerprint density at radius 3 is 2.61 bits per heavy atom. The first-order chi connectivity index (χ1) is 13.7. The number of halogens is 1. The molecule has 4 rings (SSSR count). The summed E-state index contributed by atoms with van der Waals surface area (Å²) in [6.45, 7) is 0.726. The quantitative estimate of drug-likeness (QED) is 0.652. The maximum absolute atomic E-state index is 12.7. The van der Waals surface area contributed by atoms with Crippen molar-refractivity contribution in [3.05, 3.63) is 77.7 Å². The van der Waals surface area contributed by atoms with Crippen LogP contribution in [0.4, 0.5) is 10.5 Å². The molecule has 0 saturated carbocycles. The van der Waals surface area contributed by atoms with Crippen molar-refractivity contribution in [2.45, 2.75) is 18.9 Å². The number of rotatable bonds is 4. The maximum atomic E-state index is 12.7. The number of carbonyl (C=O) groups excluding carboxylic acids is 1. The number of benzene rings is 1. The van der Waals surface area contributed by atoms with E-state index in [0.29, 0.717) is 22.3 Å². The molecule has 1 aliphatic rings. The number of anilines is 1. The number of urea groups is 1. The molecular formula is C21H19ClN4O2. The van der Waals surface area contributed by atoms with Crippen molar-refractivity contribution in [3.63, 3.8) is 0 Å². The SMILES string of the molecule is O=C(Nc1ccc(Oc2ccc(Cl)cc2)nc1)N1CCC[C@H]1c1ccncc1. The summed E-state index contributed by atoms with van der Waals surface area (Å²) in [6, 6.07) is 14.4. The highest BCUT2D eigenvalue weighted by Crippen LogP contribution is 2.32. The van der Waals surface area contributed by atoms with E-state index in [0.717, 1.165) is 24.9 Å². The van der Waals surface area contributed by atoms with Crippen LogP contribution in [0, 0.1) is 0 Å². The zero-order valence-corrected chi connectivity index (χ0v) is 15.8. The molecule has 2 aromatic heterocycles. The lowest BCUT2D eigenvalue weighted by Crippen LogP contribution is -2.34. The van der Waals surface area contributed by atoms with Gasteiger partial charge in [-0.2, -0.15) is 0 Å². The third-order valence-electron chi connectivity index (χ3n) is 4.63. The highest BCUT2D eigenvalue weighted by atomic mass is 35.5. The number of aromatic nitrogens is 2. The first-order valence-corrected chi connectivity index (χ1v) is 9.44. The Morgan fingerprint density at radius 1 is 1.11 bits per heavy atom. The molecule has 3 heterocycles. The van der Waals surface area contributed by atoms with Gasteiger partial charge in [0, 0.05) is 30.0 Å². The van der Waals surface area contributed by atoms with E-state index in [1.54, 1.807) is 55.0 Å². The predicted molar refractivity (Wildman–Crippen MR) is 108 cm³/mol. The average Bonchev–Trinajstić information content (AvgIpc) is 3.22. The Balaban J connectivity index is 1.39. The van der Waals surface area contributed by atoms with Crippen LogP contribution in [-0.2, 0) is 0 Å². The van der Waals surface area contributed by atoms with Gasteiger partial charge in [0.1, 0.15) is 5.75 Å². The molecule has 0 unspecified atom stereocenters. The van der Waals surface area contributed by atoms with Crippen LogP contribution in [0.3, 0.4) is 0 Å². The standard InChI is InChI=1S/C21H19ClN4O2/c22-16-3-6-18(7-4-16)28-20-8-5-17(14-24-20)25-21(27)26-13-1-2-19(26)15-9-11-23-12-10-15/h3-12,14,19H,1-2,13H2,(H,25,27)/t19-/m0/s1. The van der Waals surface area contributed by atoms with Crippen molar-refractivity contribution in [1.82, 2.24) is 14.9 Å². The van der Waals surface area contributed by atoms with E-state index in [4.69, 9.17) is 16.3 Å². The van der Waals surface area contributed by atoms with Gasteiger partial charge in [0.2, 0.25) is 5.88 Å². The second-order valence-electron chi connectivity index (χ2n) is 6.50. The summed E-state index contributed by atoms with van der Waals surface area (Å²) in [5, 5.41) is 3.56. The molecule has 1 atom stereocenters. The van der Waals surface area contributed by atoms with Crippen LogP contribution in [0.25, 0.3) is 0 Å². The Hall–Kier alpha value is -3.12. The van der Waals surface area contributed by atoms with Gasteiger partial charge in [-0.05, 0) is 60.9 Å². The lowest BCUT2D eigenvalue weighted by Gasteiger charge is -2.25. The molecule has 2 amide bonds. The summed E-state index contributed by atoms with van der Waals surface area (Å²) < 4.78 is 5.67. The van der Waals surface area contributed by atoms with Gasteiger partial charge in [-0.25, -0.2) is 9.78 Å². The number of nitrogens with zero attached hydrogens (tertiary/aromatic N) is 3. The molecule has 1 fully saturated rings. The monoisotopic (exact) mass is 394 g/mol. The average molecular weight is 395 g/mol. The minimum absolute atomic E-state index is 0.0727. The number of hydrogen-bond donors (Lipinski definition) is 1. The minimum Gasteiger partial charge on any atom is -0.439 e. The second kappa shape index (κ2) is 8.27.